The zero-order chi connectivity index (χ0) is 12.0. The van der Waals surface area contributed by atoms with E-state index in [2.05, 4.69) is 0 Å². The molecule has 3 heteroatoms. The summed E-state index contributed by atoms with van der Waals surface area (Å²) in [5.74, 6) is 1.34. The van der Waals surface area contributed by atoms with Gasteiger partial charge >= 0.3 is 0 Å². The first-order valence-corrected chi connectivity index (χ1v) is 5.22. The quantitative estimate of drug-likeness (QED) is 0.777. The van der Waals surface area contributed by atoms with Gasteiger partial charge in [0.2, 0.25) is 0 Å². The van der Waals surface area contributed by atoms with Crippen molar-refractivity contribution in [2.45, 2.75) is 20.0 Å². The zero-order valence-corrected chi connectivity index (χ0v) is 9.99. The minimum absolute atomic E-state index is 0.00718. The lowest BCUT2D eigenvalue weighted by molar-refractivity contribution is 0.279. The summed E-state index contributed by atoms with van der Waals surface area (Å²) < 4.78 is 10.4. The Balaban J connectivity index is 3.14. The predicted molar refractivity (Wildman–Crippen MR) is 64.0 cm³/mol. The molecule has 0 unspecified atom stereocenters. The number of aliphatic hydroxyl groups is 1. The molecule has 0 atom stereocenters. The molecule has 16 heavy (non-hydrogen) atoms. The summed E-state index contributed by atoms with van der Waals surface area (Å²) in [7, 11) is 3.19. The second kappa shape index (κ2) is 6.18. The van der Waals surface area contributed by atoms with Gasteiger partial charge < -0.3 is 14.6 Å². The Labute approximate surface area is 96.3 Å². The zero-order valence-electron chi connectivity index (χ0n) is 9.99. The Hall–Kier alpha value is -1.48. The van der Waals surface area contributed by atoms with Crippen LogP contribution < -0.4 is 9.47 Å². The first kappa shape index (κ1) is 12.6. The summed E-state index contributed by atoms with van der Waals surface area (Å²) in [6.45, 7) is 1.98. The van der Waals surface area contributed by atoms with Crippen molar-refractivity contribution in [3.05, 3.63) is 35.4 Å². The number of ether oxygens (including phenoxy) is 2. The summed E-state index contributed by atoms with van der Waals surface area (Å²) >= 11 is 0. The van der Waals surface area contributed by atoms with Gasteiger partial charge in [-0.25, -0.2) is 0 Å². The molecule has 0 saturated carbocycles. The second-order valence-corrected chi connectivity index (χ2v) is 3.41. The molecule has 0 saturated heterocycles. The maximum Gasteiger partial charge on any atom is 0.161 e. The first-order valence-electron chi connectivity index (χ1n) is 5.22. The van der Waals surface area contributed by atoms with Crippen molar-refractivity contribution >= 4 is 0 Å². The highest BCUT2D eigenvalue weighted by Gasteiger charge is 2.09. The summed E-state index contributed by atoms with van der Waals surface area (Å²) in [6.07, 6.45) is 4.81. The standard InChI is InChI=1S/C13H18O3/c1-4-5-6-10-7-12(15-2)13(16-3)8-11(10)9-14/h4-5,7-8,14H,6,9H2,1-3H3/b5-4+. The summed E-state index contributed by atoms with van der Waals surface area (Å²) in [6, 6.07) is 3.72. The summed E-state index contributed by atoms with van der Waals surface area (Å²) in [5, 5.41) is 9.28. The molecule has 0 radical (unpaired) electrons. The largest absolute Gasteiger partial charge is 0.493 e. The maximum absolute atomic E-state index is 9.28. The van der Waals surface area contributed by atoms with E-state index in [0.29, 0.717) is 11.5 Å². The predicted octanol–water partition coefficient (Wildman–Crippen LogP) is 2.31. The molecule has 0 aliphatic rings. The molecule has 0 heterocycles. The van der Waals surface area contributed by atoms with Gasteiger partial charge in [0.05, 0.1) is 20.8 Å². The normalized spacial score (nSPS) is 10.8. The van der Waals surface area contributed by atoms with Crippen LogP contribution in [0.1, 0.15) is 18.1 Å². The fourth-order valence-corrected chi connectivity index (χ4v) is 1.55. The summed E-state index contributed by atoms with van der Waals surface area (Å²) in [5.41, 5.74) is 1.93. The Morgan fingerprint density at radius 1 is 1.12 bits per heavy atom. The molecule has 0 amide bonds. The van der Waals surface area contributed by atoms with Crippen molar-refractivity contribution in [3.8, 4) is 11.5 Å². The lowest BCUT2D eigenvalue weighted by atomic mass is 10.0. The molecule has 0 aliphatic carbocycles. The van der Waals surface area contributed by atoms with Gasteiger partial charge in [-0.2, -0.15) is 0 Å². The number of aliphatic hydroxyl groups excluding tert-OH is 1. The third-order valence-electron chi connectivity index (χ3n) is 2.45. The smallest absolute Gasteiger partial charge is 0.161 e. The van der Waals surface area contributed by atoms with Crippen LogP contribution in [0.5, 0.6) is 11.5 Å². The monoisotopic (exact) mass is 222 g/mol. The van der Waals surface area contributed by atoms with Crippen molar-refractivity contribution in [1.29, 1.82) is 0 Å². The van der Waals surface area contributed by atoms with E-state index in [-0.39, 0.29) is 6.61 Å². The fourth-order valence-electron chi connectivity index (χ4n) is 1.55. The number of benzene rings is 1. The van der Waals surface area contributed by atoms with Crippen LogP contribution in [0, 0.1) is 0 Å². The van der Waals surface area contributed by atoms with Gasteiger partial charge in [0, 0.05) is 0 Å². The molecule has 0 spiro atoms. The number of hydrogen-bond donors (Lipinski definition) is 1. The average Bonchev–Trinajstić information content (AvgIpc) is 2.35. The number of allylic oxidation sites excluding steroid dienone is 2. The van der Waals surface area contributed by atoms with E-state index in [1.807, 2.05) is 31.2 Å². The number of methoxy groups -OCH3 is 2. The third-order valence-corrected chi connectivity index (χ3v) is 2.45. The SMILES string of the molecule is C/C=C/Cc1cc(OC)c(OC)cc1CO. The van der Waals surface area contributed by atoms with Crippen LogP contribution in [-0.4, -0.2) is 19.3 Å². The fraction of sp³-hybridized carbons (Fsp3) is 0.385. The van der Waals surface area contributed by atoms with Gasteiger partial charge in [-0.05, 0) is 36.6 Å². The van der Waals surface area contributed by atoms with Crippen LogP contribution in [0.2, 0.25) is 0 Å². The Morgan fingerprint density at radius 2 is 1.69 bits per heavy atom. The molecule has 0 fully saturated rings. The van der Waals surface area contributed by atoms with E-state index in [4.69, 9.17) is 9.47 Å². The molecular weight excluding hydrogens is 204 g/mol. The van der Waals surface area contributed by atoms with E-state index < -0.39 is 0 Å². The molecule has 88 valence electrons. The third kappa shape index (κ3) is 2.76. The van der Waals surface area contributed by atoms with Crippen molar-refractivity contribution in [1.82, 2.24) is 0 Å². The van der Waals surface area contributed by atoms with Crippen molar-refractivity contribution in [3.63, 3.8) is 0 Å². The molecule has 1 N–H and O–H groups in total. The molecule has 3 nitrogen and oxygen atoms in total. The van der Waals surface area contributed by atoms with Crippen molar-refractivity contribution < 1.29 is 14.6 Å². The second-order valence-electron chi connectivity index (χ2n) is 3.41. The van der Waals surface area contributed by atoms with E-state index in [0.717, 1.165) is 17.5 Å². The van der Waals surface area contributed by atoms with Crippen LogP contribution in [0.15, 0.2) is 24.3 Å². The maximum atomic E-state index is 9.28. The lowest BCUT2D eigenvalue weighted by Gasteiger charge is -2.12. The van der Waals surface area contributed by atoms with Crippen LogP contribution >= 0.6 is 0 Å². The molecule has 1 aromatic rings. The minimum atomic E-state index is 0.00718. The van der Waals surface area contributed by atoms with Crippen LogP contribution in [-0.2, 0) is 13.0 Å². The van der Waals surface area contributed by atoms with Crippen molar-refractivity contribution in [2.75, 3.05) is 14.2 Å². The van der Waals surface area contributed by atoms with Crippen LogP contribution in [0.3, 0.4) is 0 Å². The van der Waals surface area contributed by atoms with Crippen LogP contribution in [0.25, 0.3) is 0 Å². The lowest BCUT2D eigenvalue weighted by Crippen LogP contribution is -1.98. The molecule has 0 aliphatic heterocycles. The Bertz CT molecular complexity index is 370. The highest BCUT2D eigenvalue weighted by atomic mass is 16.5. The van der Waals surface area contributed by atoms with E-state index in [1.54, 1.807) is 14.2 Å². The molecule has 0 aromatic heterocycles. The molecular formula is C13H18O3. The van der Waals surface area contributed by atoms with Gasteiger partial charge in [-0.1, -0.05) is 12.2 Å². The number of hydrogen-bond acceptors (Lipinski definition) is 3. The van der Waals surface area contributed by atoms with Gasteiger partial charge in [0.1, 0.15) is 0 Å². The Morgan fingerprint density at radius 3 is 2.12 bits per heavy atom. The number of rotatable bonds is 5. The average molecular weight is 222 g/mol. The van der Waals surface area contributed by atoms with Gasteiger partial charge in [0.25, 0.3) is 0 Å². The van der Waals surface area contributed by atoms with Gasteiger partial charge in [0.15, 0.2) is 11.5 Å². The summed E-state index contributed by atoms with van der Waals surface area (Å²) in [4.78, 5) is 0. The van der Waals surface area contributed by atoms with E-state index >= 15 is 0 Å². The Kier molecular flexibility index (Phi) is 4.86. The minimum Gasteiger partial charge on any atom is -0.493 e. The first-order chi connectivity index (χ1) is 7.76. The molecule has 0 bridgehead atoms. The van der Waals surface area contributed by atoms with Crippen molar-refractivity contribution in [2.24, 2.45) is 0 Å². The van der Waals surface area contributed by atoms with E-state index in [9.17, 15) is 5.11 Å². The van der Waals surface area contributed by atoms with Crippen LogP contribution in [0.4, 0.5) is 0 Å². The molecule has 1 aromatic carbocycles. The van der Waals surface area contributed by atoms with Gasteiger partial charge in [-0.15, -0.1) is 0 Å². The highest BCUT2D eigenvalue weighted by Crippen LogP contribution is 2.30. The molecule has 1 rings (SSSR count). The highest BCUT2D eigenvalue weighted by molar-refractivity contribution is 5.47. The van der Waals surface area contributed by atoms with E-state index in [1.165, 1.54) is 0 Å². The van der Waals surface area contributed by atoms with Gasteiger partial charge in [-0.3, -0.25) is 0 Å². The topological polar surface area (TPSA) is 38.7 Å².